The summed E-state index contributed by atoms with van der Waals surface area (Å²) < 4.78 is 5.50. The third-order valence-electron chi connectivity index (χ3n) is 4.20. The molecule has 0 aliphatic rings. The molecule has 2 aromatic carbocycles. The minimum atomic E-state index is 0.0241. The summed E-state index contributed by atoms with van der Waals surface area (Å²) in [6.07, 6.45) is 1.88. The highest BCUT2D eigenvalue weighted by Gasteiger charge is 2.10. The smallest absolute Gasteiger partial charge is 0.230 e. The SMILES string of the molecule is CCOc1ccc2nc(SCC(=O)N[C@H](C)CCc3ccccc3)[nH]c2c1. The molecule has 0 saturated carbocycles. The molecule has 1 atom stereocenters. The van der Waals surface area contributed by atoms with Gasteiger partial charge in [-0.05, 0) is 44.4 Å². The second kappa shape index (κ2) is 9.46. The van der Waals surface area contributed by atoms with E-state index in [0.717, 1.165) is 34.8 Å². The Hall–Kier alpha value is -2.47. The number of rotatable bonds is 9. The van der Waals surface area contributed by atoms with Gasteiger partial charge in [0.15, 0.2) is 5.16 Å². The molecule has 27 heavy (non-hydrogen) atoms. The van der Waals surface area contributed by atoms with Crippen LogP contribution in [-0.2, 0) is 11.2 Å². The highest BCUT2D eigenvalue weighted by molar-refractivity contribution is 7.99. The summed E-state index contributed by atoms with van der Waals surface area (Å²) >= 11 is 1.41. The molecular weight excluding hydrogens is 358 g/mol. The molecule has 1 aromatic heterocycles. The van der Waals surface area contributed by atoms with Gasteiger partial charge < -0.3 is 15.0 Å². The lowest BCUT2D eigenvalue weighted by atomic mass is 10.1. The van der Waals surface area contributed by atoms with E-state index < -0.39 is 0 Å². The van der Waals surface area contributed by atoms with Gasteiger partial charge in [-0.3, -0.25) is 4.79 Å². The first-order valence-electron chi connectivity index (χ1n) is 9.22. The Kier molecular flexibility index (Phi) is 6.76. The van der Waals surface area contributed by atoms with Crippen molar-refractivity contribution in [2.24, 2.45) is 0 Å². The van der Waals surface area contributed by atoms with Crippen LogP contribution in [0.15, 0.2) is 53.7 Å². The molecule has 0 aliphatic heterocycles. The largest absolute Gasteiger partial charge is 0.494 e. The Labute approximate surface area is 163 Å². The van der Waals surface area contributed by atoms with E-state index in [1.165, 1.54) is 17.3 Å². The lowest BCUT2D eigenvalue weighted by Crippen LogP contribution is -2.34. The number of aromatic nitrogens is 2. The zero-order chi connectivity index (χ0) is 19.1. The van der Waals surface area contributed by atoms with Gasteiger partial charge in [0, 0.05) is 12.1 Å². The number of ether oxygens (including phenoxy) is 1. The number of aromatic amines is 1. The number of fused-ring (bicyclic) bond motifs is 1. The normalized spacial score (nSPS) is 12.1. The Morgan fingerprint density at radius 3 is 2.85 bits per heavy atom. The van der Waals surface area contributed by atoms with Gasteiger partial charge in [-0.15, -0.1) is 0 Å². The highest BCUT2D eigenvalue weighted by atomic mass is 32.2. The summed E-state index contributed by atoms with van der Waals surface area (Å²) in [6.45, 7) is 4.63. The minimum absolute atomic E-state index is 0.0241. The topological polar surface area (TPSA) is 67.0 Å². The quantitative estimate of drug-likeness (QED) is 0.544. The van der Waals surface area contributed by atoms with Crippen LogP contribution in [0, 0.1) is 0 Å². The average Bonchev–Trinajstić information content (AvgIpc) is 3.08. The Bertz CT molecular complexity index is 880. The summed E-state index contributed by atoms with van der Waals surface area (Å²) in [5, 5.41) is 3.80. The van der Waals surface area contributed by atoms with Gasteiger partial charge in [0.2, 0.25) is 5.91 Å². The van der Waals surface area contributed by atoms with Crippen molar-refractivity contribution in [1.82, 2.24) is 15.3 Å². The number of nitrogens with zero attached hydrogens (tertiary/aromatic N) is 1. The van der Waals surface area contributed by atoms with Gasteiger partial charge in [0.05, 0.1) is 23.4 Å². The first-order valence-corrected chi connectivity index (χ1v) is 10.2. The fourth-order valence-electron chi connectivity index (χ4n) is 2.84. The molecule has 3 aromatic rings. The van der Waals surface area contributed by atoms with Crippen LogP contribution in [-0.4, -0.2) is 34.3 Å². The number of carbonyl (C=O) groups excluding carboxylic acids is 1. The molecule has 0 fully saturated rings. The first kappa shape index (κ1) is 19.3. The van der Waals surface area contributed by atoms with Crippen LogP contribution in [0.5, 0.6) is 5.75 Å². The van der Waals surface area contributed by atoms with Gasteiger partial charge >= 0.3 is 0 Å². The highest BCUT2D eigenvalue weighted by Crippen LogP contribution is 2.23. The van der Waals surface area contributed by atoms with E-state index in [0.29, 0.717) is 12.4 Å². The lowest BCUT2D eigenvalue weighted by molar-refractivity contribution is -0.119. The Morgan fingerprint density at radius 1 is 1.26 bits per heavy atom. The van der Waals surface area contributed by atoms with Crippen molar-refractivity contribution in [3.8, 4) is 5.75 Å². The summed E-state index contributed by atoms with van der Waals surface area (Å²) in [6, 6.07) is 16.2. The maximum atomic E-state index is 12.2. The predicted octanol–water partition coefficient (Wildman–Crippen LogP) is 4.19. The fraction of sp³-hybridized carbons (Fsp3) is 0.333. The second-order valence-corrected chi connectivity index (χ2v) is 7.40. The number of thioether (sulfide) groups is 1. The van der Waals surface area contributed by atoms with E-state index in [4.69, 9.17) is 4.74 Å². The summed E-state index contributed by atoms with van der Waals surface area (Å²) in [5.74, 6) is 1.18. The molecule has 142 valence electrons. The van der Waals surface area contributed by atoms with E-state index in [-0.39, 0.29) is 11.9 Å². The molecular formula is C21H25N3O2S. The number of H-pyrrole nitrogens is 1. The molecule has 0 radical (unpaired) electrons. The molecule has 0 bridgehead atoms. The molecule has 1 amide bonds. The molecule has 6 heteroatoms. The number of hydrogen-bond acceptors (Lipinski definition) is 4. The van der Waals surface area contributed by atoms with Crippen molar-refractivity contribution >= 4 is 28.7 Å². The van der Waals surface area contributed by atoms with Crippen molar-refractivity contribution < 1.29 is 9.53 Å². The zero-order valence-electron chi connectivity index (χ0n) is 15.7. The van der Waals surface area contributed by atoms with Crippen LogP contribution in [0.2, 0.25) is 0 Å². The maximum Gasteiger partial charge on any atom is 0.230 e. The number of hydrogen-bond donors (Lipinski definition) is 2. The van der Waals surface area contributed by atoms with Crippen molar-refractivity contribution in [3.63, 3.8) is 0 Å². The van der Waals surface area contributed by atoms with Crippen molar-refractivity contribution in [1.29, 1.82) is 0 Å². The molecule has 0 saturated heterocycles. The van der Waals surface area contributed by atoms with Gasteiger partial charge in [-0.2, -0.15) is 0 Å². The maximum absolute atomic E-state index is 12.2. The summed E-state index contributed by atoms with van der Waals surface area (Å²) in [4.78, 5) is 20.0. The van der Waals surface area contributed by atoms with Crippen LogP contribution in [0.4, 0.5) is 0 Å². The van der Waals surface area contributed by atoms with Gasteiger partial charge in [-0.25, -0.2) is 4.98 Å². The number of aryl methyl sites for hydroxylation is 1. The molecule has 3 rings (SSSR count). The average molecular weight is 384 g/mol. The minimum Gasteiger partial charge on any atom is -0.494 e. The number of benzene rings is 2. The standard InChI is InChI=1S/C21H25N3O2S/c1-3-26-17-11-12-18-19(13-17)24-21(23-18)27-14-20(25)22-15(2)9-10-16-7-5-4-6-8-16/h4-8,11-13,15H,3,9-10,14H2,1-2H3,(H,22,25)(H,23,24)/t15-/m1/s1. The van der Waals surface area contributed by atoms with E-state index >= 15 is 0 Å². The van der Waals surface area contributed by atoms with Crippen molar-refractivity contribution in [2.75, 3.05) is 12.4 Å². The third-order valence-corrected chi connectivity index (χ3v) is 5.07. The third kappa shape index (κ3) is 5.76. The number of carbonyl (C=O) groups is 1. The van der Waals surface area contributed by atoms with Crippen LogP contribution in [0.25, 0.3) is 11.0 Å². The van der Waals surface area contributed by atoms with Crippen LogP contribution >= 0.6 is 11.8 Å². The van der Waals surface area contributed by atoms with Crippen LogP contribution < -0.4 is 10.1 Å². The Balaban J connectivity index is 1.46. The number of imidazole rings is 1. The molecule has 2 N–H and O–H groups in total. The van der Waals surface area contributed by atoms with E-state index in [9.17, 15) is 4.79 Å². The number of nitrogens with one attached hydrogen (secondary N) is 2. The van der Waals surface area contributed by atoms with E-state index in [2.05, 4.69) is 27.4 Å². The van der Waals surface area contributed by atoms with Gasteiger partial charge in [0.1, 0.15) is 5.75 Å². The van der Waals surface area contributed by atoms with E-state index in [1.807, 2.05) is 50.2 Å². The van der Waals surface area contributed by atoms with Gasteiger partial charge in [0.25, 0.3) is 0 Å². The van der Waals surface area contributed by atoms with Crippen LogP contribution in [0.3, 0.4) is 0 Å². The molecule has 0 aliphatic carbocycles. The monoisotopic (exact) mass is 383 g/mol. The molecule has 1 heterocycles. The predicted molar refractivity (Wildman–Crippen MR) is 110 cm³/mol. The van der Waals surface area contributed by atoms with Gasteiger partial charge in [-0.1, -0.05) is 42.1 Å². The lowest BCUT2D eigenvalue weighted by Gasteiger charge is -2.13. The Morgan fingerprint density at radius 2 is 2.07 bits per heavy atom. The molecule has 5 nitrogen and oxygen atoms in total. The first-order chi connectivity index (χ1) is 13.1. The van der Waals surface area contributed by atoms with E-state index in [1.54, 1.807) is 0 Å². The summed E-state index contributed by atoms with van der Waals surface area (Å²) in [7, 11) is 0. The second-order valence-electron chi connectivity index (χ2n) is 6.44. The zero-order valence-corrected chi connectivity index (χ0v) is 16.5. The molecule has 0 spiro atoms. The van der Waals surface area contributed by atoms with Crippen molar-refractivity contribution in [3.05, 3.63) is 54.1 Å². The van der Waals surface area contributed by atoms with Crippen LogP contribution in [0.1, 0.15) is 25.8 Å². The summed E-state index contributed by atoms with van der Waals surface area (Å²) in [5.41, 5.74) is 3.08. The van der Waals surface area contributed by atoms with Crippen molar-refractivity contribution in [2.45, 2.75) is 37.9 Å². The fourth-order valence-corrected chi connectivity index (χ4v) is 3.54. The molecule has 0 unspecified atom stereocenters. The number of amides is 1.